The fourth-order valence-corrected chi connectivity index (χ4v) is 4.89. The molecule has 2 aliphatic rings. The highest BCUT2D eigenvalue weighted by atomic mass is 16.5. The smallest absolute Gasteiger partial charge is 0.409 e. The van der Waals surface area contributed by atoms with Crippen LogP contribution < -0.4 is 0 Å². The third-order valence-corrected chi connectivity index (χ3v) is 6.15. The Kier molecular flexibility index (Phi) is 5.68. The van der Waals surface area contributed by atoms with E-state index in [2.05, 4.69) is 12.1 Å². The first kappa shape index (κ1) is 19.6. The number of ether oxygens (including phenoxy) is 1. The maximum atomic E-state index is 13.1. The van der Waals surface area contributed by atoms with Crippen molar-refractivity contribution in [1.82, 2.24) is 4.90 Å². The van der Waals surface area contributed by atoms with Gasteiger partial charge in [0.25, 0.3) is 0 Å². The van der Waals surface area contributed by atoms with Crippen LogP contribution in [0.4, 0.5) is 4.79 Å². The summed E-state index contributed by atoms with van der Waals surface area (Å²) in [4.78, 5) is 39.1. The van der Waals surface area contributed by atoms with Gasteiger partial charge in [-0.1, -0.05) is 17.7 Å². The van der Waals surface area contributed by atoms with Crippen LogP contribution in [0.15, 0.2) is 12.1 Å². The van der Waals surface area contributed by atoms with Crippen LogP contribution in [0.25, 0.3) is 0 Å². The molecule has 0 bridgehead atoms. The van der Waals surface area contributed by atoms with E-state index in [0.717, 1.165) is 41.5 Å². The van der Waals surface area contributed by atoms with E-state index in [9.17, 15) is 14.4 Å². The molecule has 0 radical (unpaired) electrons. The molecule has 1 aromatic rings. The first-order chi connectivity index (χ1) is 12.8. The largest absolute Gasteiger partial charge is 0.453 e. The van der Waals surface area contributed by atoms with Crippen LogP contribution in [0, 0.1) is 32.6 Å². The van der Waals surface area contributed by atoms with Gasteiger partial charge in [0, 0.05) is 25.4 Å². The lowest BCUT2D eigenvalue weighted by atomic mass is 9.83. The van der Waals surface area contributed by atoms with Crippen molar-refractivity contribution < 1.29 is 19.1 Å². The quantitative estimate of drug-likeness (QED) is 0.760. The lowest BCUT2D eigenvalue weighted by Crippen LogP contribution is -2.38. The van der Waals surface area contributed by atoms with Crippen LogP contribution in [0.2, 0.25) is 0 Å². The SMILES string of the molecule is COC(=O)N1CCC(CC2CC(=O)C(c3c(C)cc(C)cc3C)C2=O)CC1. The maximum absolute atomic E-state index is 13.1. The average molecular weight is 371 g/mol. The fraction of sp³-hybridized carbons (Fsp3) is 0.591. The summed E-state index contributed by atoms with van der Waals surface area (Å²) in [5, 5.41) is 0. The Morgan fingerprint density at radius 1 is 1.11 bits per heavy atom. The normalized spacial score (nSPS) is 23.8. The van der Waals surface area contributed by atoms with Crippen LogP contribution in [-0.2, 0) is 14.3 Å². The average Bonchev–Trinajstić information content (AvgIpc) is 2.88. The number of carbonyl (C=O) groups is 3. The molecule has 5 heteroatoms. The number of hydrogen-bond acceptors (Lipinski definition) is 4. The second-order valence-corrected chi connectivity index (χ2v) is 8.15. The highest BCUT2D eigenvalue weighted by Gasteiger charge is 2.44. The summed E-state index contributed by atoms with van der Waals surface area (Å²) in [6, 6.07) is 4.11. The summed E-state index contributed by atoms with van der Waals surface area (Å²) in [6.07, 6.45) is 2.54. The number of hydrogen-bond donors (Lipinski definition) is 0. The van der Waals surface area contributed by atoms with Gasteiger partial charge in [0.05, 0.1) is 7.11 Å². The predicted octanol–water partition coefficient (Wildman–Crippen LogP) is 3.72. The molecule has 1 aliphatic heterocycles. The Hall–Kier alpha value is -2.17. The van der Waals surface area contributed by atoms with Gasteiger partial charge in [0.15, 0.2) is 5.78 Å². The van der Waals surface area contributed by atoms with Gasteiger partial charge in [-0.25, -0.2) is 4.79 Å². The van der Waals surface area contributed by atoms with Crippen molar-refractivity contribution in [3.05, 3.63) is 34.4 Å². The number of ketones is 2. The highest BCUT2D eigenvalue weighted by Crippen LogP contribution is 2.39. The number of nitrogens with zero attached hydrogens (tertiary/aromatic N) is 1. The minimum atomic E-state index is -0.592. The minimum Gasteiger partial charge on any atom is -0.453 e. The number of piperidine rings is 1. The molecule has 0 N–H and O–H groups in total. The number of likely N-dealkylation sites (tertiary alicyclic amines) is 1. The summed E-state index contributed by atoms with van der Waals surface area (Å²) in [6.45, 7) is 7.33. The molecule has 3 rings (SSSR count). The number of benzene rings is 1. The minimum absolute atomic E-state index is 0.0621. The fourth-order valence-electron chi connectivity index (χ4n) is 4.89. The molecule has 2 unspecified atom stereocenters. The van der Waals surface area contributed by atoms with Crippen molar-refractivity contribution in [2.45, 2.75) is 52.4 Å². The predicted molar refractivity (Wildman–Crippen MR) is 103 cm³/mol. The van der Waals surface area contributed by atoms with E-state index in [1.807, 2.05) is 20.8 Å². The monoisotopic (exact) mass is 371 g/mol. The Bertz CT molecular complexity index is 739. The Labute approximate surface area is 161 Å². The molecule has 5 nitrogen and oxygen atoms in total. The van der Waals surface area contributed by atoms with Crippen molar-refractivity contribution in [1.29, 1.82) is 0 Å². The molecule has 1 saturated heterocycles. The van der Waals surface area contributed by atoms with Crippen molar-refractivity contribution in [2.24, 2.45) is 11.8 Å². The van der Waals surface area contributed by atoms with Gasteiger partial charge in [-0.05, 0) is 62.6 Å². The zero-order chi connectivity index (χ0) is 19.7. The van der Waals surface area contributed by atoms with Gasteiger partial charge in [0.1, 0.15) is 11.7 Å². The first-order valence-corrected chi connectivity index (χ1v) is 9.79. The lowest BCUT2D eigenvalue weighted by molar-refractivity contribution is -0.125. The van der Waals surface area contributed by atoms with Crippen LogP contribution in [0.3, 0.4) is 0 Å². The first-order valence-electron chi connectivity index (χ1n) is 9.79. The number of carbonyl (C=O) groups excluding carboxylic acids is 3. The molecule has 146 valence electrons. The summed E-state index contributed by atoms with van der Waals surface area (Å²) in [5.74, 6) is -0.243. The van der Waals surface area contributed by atoms with E-state index in [4.69, 9.17) is 4.74 Å². The maximum Gasteiger partial charge on any atom is 0.409 e. The molecule has 2 fully saturated rings. The molecule has 2 atom stereocenters. The molecule has 1 aromatic carbocycles. The molecule has 1 aliphatic carbocycles. The van der Waals surface area contributed by atoms with E-state index in [0.29, 0.717) is 25.4 Å². The molecule has 0 spiro atoms. The molecule has 1 saturated carbocycles. The standard InChI is InChI=1S/C22H29NO4/c1-13-9-14(2)19(15(3)10-13)20-18(24)12-17(21(20)25)11-16-5-7-23(8-6-16)22(26)27-4/h9-10,16-17,20H,5-8,11-12H2,1-4H3. The highest BCUT2D eigenvalue weighted by molar-refractivity contribution is 6.15. The summed E-state index contributed by atoms with van der Waals surface area (Å²) < 4.78 is 4.77. The van der Waals surface area contributed by atoms with Gasteiger partial charge in [0.2, 0.25) is 0 Å². The molecular formula is C22H29NO4. The lowest BCUT2D eigenvalue weighted by Gasteiger charge is -2.31. The van der Waals surface area contributed by atoms with Crippen LogP contribution in [0.5, 0.6) is 0 Å². The van der Waals surface area contributed by atoms with Gasteiger partial charge in [-0.2, -0.15) is 0 Å². The van der Waals surface area contributed by atoms with Gasteiger partial charge < -0.3 is 9.64 Å². The number of aryl methyl sites for hydroxylation is 3. The third kappa shape index (κ3) is 3.92. The summed E-state index contributed by atoms with van der Waals surface area (Å²) in [7, 11) is 1.40. The second-order valence-electron chi connectivity index (χ2n) is 8.15. The molecule has 0 aromatic heterocycles. The number of amides is 1. The summed E-state index contributed by atoms with van der Waals surface area (Å²) in [5.41, 5.74) is 4.14. The van der Waals surface area contributed by atoms with E-state index < -0.39 is 5.92 Å². The number of rotatable bonds is 3. The molecule has 27 heavy (non-hydrogen) atoms. The summed E-state index contributed by atoms with van der Waals surface area (Å²) >= 11 is 0. The third-order valence-electron chi connectivity index (χ3n) is 6.15. The van der Waals surface area contributed by atoms with Gasteiger partial charge >= 0.3 is 6.09 Å². The molecule has 1 heterocycles. The topological polar surface area (TPSA) is 63.7 Å². The zero-order valence-corrected chi connectivity index (χ0v) is 16.7. The van der Waals surface area contributed by atoms with Crippen molar-refractivity contribution in [3.8, 4) is 0 Å². The van der Waals surface area contributed by atoms with Crippen LogP contribution in [-0.4, -0.2) is 42.8 Å². The Morgan fingerprint density at radius 2 is 1.70 bits per heavy atom. The second kappa shape index (κ2) is 7.83. The Balaban J connectivity index is 1.68. The van der Waals surface area contributed by atoms with Crippen LogP contribution >= 0.6 is 0 Å². The Morgan fingerprint density at radius 3 is 2.26 bits per heavy atom. The number of Topliss-reactive ketones (excluding diaryl/α,β-unsaturated/α-hetero) is 2. The number of methoxy groups -OCH3 is 1. The molecule has 1 amide bonds. The van der Waals surface area contributed by atoms with Crippen molar-refractivity contribution in [2.75, 3.05) is 20.2 Å². The molecular weight excluding hydrogens is 342 g/mol. The van der Waals surface area contributed by atoms with E-state index in [-0.39, 0.29) is 23.6 Å². The van der Waals surface area contributed by atoms with Crippen molar-refractivity contribution in [3.63, 3.8) is 0 Å². The van der Waals surface area contributed by atoms with Crippen molar-refractivity contribution >= 4 is 17.7 Å². The van der Waals surface area contributed by atoms with E-state index >= 15 is 0 Å². The van der Waals surface area contributed by atoms with E-state index in [1.165, 1.54) is 7.11 Å². The van der Waals surface area contributed by atoms with Gasteiger partial charge in [-0.3, -0.25) is 9.59 Å². The zero-order valence-electron chi connectivity index (χ0n) is 16.7. The van der Waals surface area contributed by atoms with Gasteiger partial charge in [-0.15, -0.1) is 0 Å². The van der Waals surface area contributed by atoms with E-state index in [1.54, 1.807) is 4.90 Å². The van der Waals surface area contributed by atoms with Crippen LogP contribution in [0.1, 0.15) is 53.9 Å².